The van der Waals surface area contributed by atoms with E-state index in [1.807, 2.05) is 6.92 Å². The molecule has 0 spiro atoms. The molecule has 0 aromatic carbocycles. The monoisotopic (exact) mass is 166 g/mol. The van der Waals surface area contributed by atoms with E-state index >= 15 is 0 Å². The van der Waals surface area contributed by atoms with E-state index in [2.05, 4.69) is 19.7 Å². The fourth-order valence-corrected chi connectivity index (χ4v) is 0. The number of hydrogen-bond donors (Lipinski definition) is 0. The lowest BCUT2D eigenvalue weighted by atomic mass is 10.8. The van der Waals surface area contributed by atoms with Crippen molar-refractivity contribution in [1.29, 1.82) is 0 Å². The van der Waals surface area contributed by atoms with Crippen molar-refractivity contribution in [3.05, 3.63) is 25.8 Å². The summed E-state index contributed by atoms with van der Waals surface area (Å²) < 4.78 is 0. The molecule has 0 unspecified atom stereocenters. The molecule has 0 bridgehead atoms. The summed E-state index contributed by atoms with van der Waals surface area (Å²) in [5.41, 5.74) is 0. The number of hydrogen-bond acceptors (Lipinski definition) is 0. The summed E-state index contributed by atoms with van der Waals surface area (Å²) in [4.78, 5) is 0. The topological polar surface area (TPSA) is 0 Å². The van der Waals surface area contributed by atoms with E-state index in [9.17, 15) is 0 Å². The molecule has 0 atom stereocenters. The van der Waals surface area contributed by atoms with Gasteiger partial charge in [0.25, 0.3) is 0 Å². The van der Waals surface area contributed by atoms with Crippen molar-refractivity contribution in [2.24, 2.45) is 0 Å². The number of halogens is 4. The van der Waals surface area contributed by atoms with Gasteiger partial charge in [-0.05, 0) is 6.92 Å². The molecule has 62 valence electrons. The van der Waals surface area contributed by atoms with Crippen molar-refractivity contribution in [1.82, 2.24) is 0 Å². The zero-order valence-electron chi connectivity index (χ0n) is 5.33. The van der Waals surface area contributed by atoms with Crippen LogP contribution in [0.5, 0.6) is 0 Å². The van der Waals surface area contributed by atoms with Gasteiger partial charge in [-0.25, -0.2) is 0 Å². The highest BCUT2D eigenvalue weighted by atomic mass is 35.5. The van der Waals surface area contributed by atoms with Crippen LogP contribution in [0.4, 0.5) is 14.1 Å². The molecule has 0 N–H and O–H groups in total. The molecule has 0 nitrogen and oxygen atoms in total. The second-order valence-corrected chi connectivity index (χ2v) is 0.408. The minimum absolute atomic E-state index is 0. The first-order chi connectivity index (χ1) is 2.41. The molecule has 0 rings (SSSR count). The summed E-state index contributed by atoms with van der Waals surface area (Å²) in [6, 6.07) is 0. The molecule has 4 heteroatoms. The van der Waals surface area contributed by atoms with Gasteiger partial charge in [-0.3, -0.25) is 14.1 Å². The maximum absolute atomic E-state index is 3.36. The Hall–Kier alpha value is -0.440. The van der Waals surface area contributed by atoms with Crippen LogP contribution in [0.25, 0.3) is 0 Å². The summed E-state index contributed by atoms with van der Waals surface area (Å²) in [6.07, 6.45) is 1.75. The van der Waals surface area contributed by atoms with Gasteiger partial charge in [0.05, 0.1) is 0 Å². The van der Waals surface area contributed by atoms with Crippen molar-refractivity contribution in [2.75, 3.05) is 0 Å². The maximum atomic E-state index is 3.36. The van der Waals surface area contributed by atoms with E-state index in [-0.39, 0.29) is 26.5 Å². The van der Waals surface area contributed by atoms with Gasteiger partial charge in [-0.2, -0.15) is 0 Å². The molecule has 0 amide bonds. The molecular formula is C5H14ClF3. The van der Waals surface area contributed by atoms with E-state index in [1.54, 1.807) is 6.08 Å². The third-order valence-corrected chi connectivity index (χ3v) is 0. The zero-order chi connectivity index (χ0) is 4.71. The van der Waals surface area contributed by atoms with Crippen LogP contribution in [0.15, 0.2) is 25.8 Å². The molecule has 0 saturated heterocycles. The minimum atomic E-state index is 0. The maximum Gasteiger partial charge on any atom is -0.0473 e. The van der Waals surface area contributed by atoms with Crippen molar-refractivity contribution in [2.45, 2.75) is 6.92 Å². The number of allylic oxidation sites excluding steroid dienone is 1. The summed E-state index contributed by atoms with van der Waals surface area (Å²) in [7, 11) is 0. The quantitative estimate of drug-likeness (QED) is 0.486. The van der Waals surface area contributed by atoms with E-state index in [0.717, 1.165) is 0 Å². The minimum Gasteiger partial charge on any atom is -0.269 e. The summed E-state index contributed by atoms with van der Waals surface area (Å²) in [5.74, 6) is 0. The standard InChI is InChI=1S/C3H6.C2H4.ClH.3FH/c1-3-2;1-2;;;;/h3H,1H2,2H3;1-2H2;4*1H. The SMILES string of the molecule is C=C.C=CC.Cl.F.F.F. The predicted octanol–water partition coefficient (Wildman–Crippen LogP) is 2.87. The van der Waals surface area contributed by atoms with Crippen LogP contribution < -0.4 is 0 Å². The lowest BCUT2D eigenvalue weighted by Crippen LogP contribution is -1.07. The van der Waals surface area contributed by atoms with Crippen LogP contribution in [0.2, 0.25) is 0 Å². The van der Waals surface area contributed by atoms with Crippen LogP contribution >= 0.6 is 12.4 Å². The molecule has 0 radical (unpaired) electrons. The van der Waals surface area contributed by atoms with Gasteiger partial charge in [0.2, 0.25) is 0 Å². The Balaban J connectivity index is -0.00000000357. The third-order valence-electron chi connectivity index (χ3n) is 0. The van der Waals surface area contributed by atoms with Gasteiger partial charge >= 0.3 is 0 Å². The molecule has 0 aliphatic heterocycles. The van der Waals surface area contributed by atoms with Crippen LogP contribution in [-0.4, -0.2) is 0 Å². The van der Waals surface area contributed by atoms with Crippen LogP contribution in [0.3, 0.4) is 0 Å². The van der Waals surface area contributed by atoms with Gasteiger partial charge in [0.15, 0.2) is 0 Å². The lowest BCUT2D eigenvalue weighted by molar-refractivity contribution is 1.11. The Bertz CT molecular complexity index is 26.2. The fourth-order valence-electron chi connectivity index (χ4n) is 0. The second-order valence-electron chi connectivity index (χ2n) is 0.408. The first-order valence-electron chi connectivity index (χ1n) is 1.49. The average molecular weight is 167 g/mol. The Morgan fingerprint density at radius 3 is 1.00 bits per heavy atom. The lowest BCUT2D eigenvalue weighted by Gasteiger charge is -1.31. The van der Waals surface area contributed by atoms with E-state index < -0.39 is 0 Å². The van der Waals surface area contributed by atoms with Crippen molar-refractivity contribution < 1.29 is 14.1 Å². The van der Waals surface area contributed by atoms with Gasteiger partial charge in [0, 0.05) is 0 Å². The van der Waals surface area contributed by atoms with E-state index in [4.69, 9.17) is 0 Å². The normalized spacial score (nSPS) is 1.89. The zero-order valence-corrected chi connectivity index (χ0v) is 6.15. The van der Waals surface area contributed by atoms with Gasteiger partial charge in [0.1, 0.15) is 0 Å². The van der Waals surface area contributed by atoms with Gasteiger partial charge in [-0.15, -0.1) is 32.1 Å². The molecule has 0 fully saturated rings. The van der Waals surface area contributed by atoms with Crippen molar-refractivity contribution in [3.8, 4) is 0 Å². The van der Waals surface area contributed by atoms with E-state index in [1.165, 1.54) is 0 Å². The fraction of sp³-hybridized carbons (Fsp3) is 0.200. The Kier molecular flexibility index (Phi) is 8600. The smallest absolute Gasteiger partial charge is 0.0473 e. The molecule has 0 aliphatic carbocycles. The highest BCUT2D eigenvalue weighted by Gasteiger charge is 1.15. The molecule has 0 aromatic rings. The van der Waals surface area contributed by atoms with Crippen molar-refractivity contribution in [3.63, 3.8) is 0 Å². The van der Waals surface area contributed by atoms with E-state index in [0.29, 0.717) is 0 Å². The van der Waals surface area contributed by atoms with Crippen LogP contribution in [0.1, 0.15) is 6.92 Å². The highest BCUT2D eigenvalue weighted by Crippen LogP contribution is 1.38. The second kappa shape index (κ2) is 1040. The Morgan fingerprint density at radius 2 is 1.00 bits per heavy atom. The summed E-state index contributed by atoms with van der Waals surface area (Å²) in [5, 5.41) is 0. The first kappa shape index (κ1) is 74.7. The molecule has 0 aromatic heterocycles. The summed E-state index contributed by atoms with van der Waals surface area (Å²) >= 11 is 0. The van der Waals surface area contributed by atoms with Gasteiger partial charge in [-0.1, -0.05) is 6.08 Å². The van der Waals surface area contributed by atoms with Crippen LogP contribution in [-0.2, 0) is 0 Å². The Morgan fingerprint density at radius 1 is 1.00 bits per heavy atom. The average Bonchev–Trinajstić information content (AvgIpc) is 1.46. The summed E-state index contributed by atoms with van der Waals surface area (Å²) in [6.45, 7) is 11.2. The van der Waals surface area contributed by atoms with Gasteiger partial charge < -0.3 is 0 Å². The predicted molar refractivity (Wildman–Crippen MR) is 41.9 cm³/mol. The third kappa shape index (κ3) is 1210. The highest BCUT2D eigenvalue weighted by molar-refractivity contribution is 5.85. The molecule has 0 heterocycles. The Labute approximate surface area is 60.2 Å². The molecule has 9 heavy (non-hydrogen) atoms. The largest absolute Gasteiger partial charge is 0.269 e. The molecule has 0 aliphatic rings. The van der Waals surface area contributed by atoms with Crippen LogP contribution in [0, 0.1) is 0 Å². The van der Waals surface area contributed by atoms with Crippen molar-refractivity contribution >= 4 is 12.4 Å². The first-order valence-corrected chi connectivity index (χ1v) is 1.49. The molecular weight excluding hydrogens is 153 g/mol. The molecule has 0 saturated carbocycles. The number of rotatable bonds is 0.